The van der Waals surface area contributed by atoms with Crippen LogP contribution in [-0.2, 0) is 10.5 Å². The van der Waals surface area contributed by atoms with Crippen LogP contribution in [0.2, 0.25) is 0 Å². The minimum Gasteiger partial charge on any atom is -0.338 e. The zero-order valence-corrected chi connectivity index (χ0v) is 14.3. The molecule has 0 aliphatic heterocycles. The Morgan fingerprint density at radius 1 is 1.33 bits per heavy atom. The molecule has 0 aliphatic rings. The van der Waals surface area contributed by atoms with Gasteiger partial charge in [-0.05, 0) is 32.0 Å². The van der Waals surface area contributed by atoms with Gasteiger partial charge in [0.2, 0.25) is 11.8 Å². The van der Waals surface area contributed by atoms with E-state index in [9.17, 15) is 4.79 Å². The second-order valence-electron chi connectivity index (χ2n) is 5.36. The van der Waals surface area contributed by atoms with Crippen LogP contribution in [0.4, 0.5) is 5.88 Å². The molecule has 1 amide bonds. The Bertz CT molecular complexity index is 813. The maximum atomic E-state index is 12.1. The van der Waals surface area contributed by atoms with E-state index in [0.717, 1.165) is 17.1 Å². The van der Waals surface area contributed by atoms with Gasteiger partial charge in [0.15, 0.2) is 0 Å². The molecule has 124 valence electrons. The highest BCUT2D eigenvalue weighted by atomic mass is 32.2. The Kier molecular flexibility index (Phi) is 5.00. The van der Waals surface area contributed by atoms with E-state index < -0.39 is 0 Å². The summed E-state index contributed by atoms with van der Waals surface area (Å²) < 4.78 is 6.82. The maximum Gasteiger partial charge on any atom is 0.239 e. The first-order valence-electron chi connectivity index (χ1n) is 7.57. The average molecular weight is 342 g/mol. The summed E-state index contributed by atoms with van der Waals surface area (Å²) in [5, 5.41) is 10.8. The van der Waals surface area contributed by atoms with Crippen molar-refractivity contribution in [3.63, 3.8) is 0 Å². The molecule has 0 bridgehead atoms. The fourth-order valence-corrected chi connectivity index (χ4v) is 2.88. The summed E-state index contributed by atoms with van der Waals surface area (Å²) in [4.78, 5) is 12.1. The van der Waals surface area contributed by atoms with E-state index >= 15 is 0 Å². The first-order valence-corrected chi connectivity index (χ1v) is 8.62. The molecule has 1 N–H and O–H groups in total. The molecule has 24 heavy (non-hydrogen) atoms. The molecule has 2 heterocycles. The normalized spacial score (nSPS) is 12.1. The molecule has 0 aliphatic carbocycles. The van der Waals surface area contributed by atoms with Crippen LogP contribution in [0.25, 0.3) is 5.69 Å². The predicted molar refractivity (Wildman–Crippen MR) is 94.2 cm³/mol. The summed E-state index contributed by atoms with van der Waals surface area (Å²) in [6, 6.07) is 13.6. The Balaban J connectivity index is 1.53. The zero-order chi connectivity index (χ0) is 16.9. The standard InChI is InChI=1S/C17H18N4O2S/c1-12-10-16(23-20-12)18-17(22)13(2)24-11-14-8-9-21(19-14)15-6-4-3-5-7-15/h3-10,13H,11H2,1-2H3,(H,18,22). The van der Waals surface area contributed by atoms with Crippen molar-refractivity contribution < 1.29 is 9.32 Å². The van der Waals surface area contributed by atoms with Crippen molar-refractivity contribution in [2.45, 2.75) is 24.9 Å². The highest BCUT2D eigenvalue weighted by Crippen LogP contribution is 2.19. The van der Waals surface area contributed by atoms with Gasteiger partial charge < -0.3 is 4.52 Å². The number of para-hydroxylation sites is 1. The first kappa shape index (κ1) is 16.3. The number of nitrogens with one attached hydrogen (secondary N) is 1. The SMILES string of the molecule is Cc1cc(NC(=O)C(C)SCc2ccn(-c3ccccc3)n2)on1. The second kappa shape index (κ2) is 7.35. The lowest BCUT2D eigenvalue weighted by Crippen LogP contribution is -2.22. The quantitative estimate of drug-likeness (QED) is 0.743. The average Bonchev–Trinajstić information content (AvgIpc) is 3.22. The van der Waals surface area contributed by atoms with E-state index in [2.05, 4.69) is 15.6 Å². The lowest BCUT2D eigenvalue weighted by molar-refractivity contribution is -0.115. The van der Waals surface area contributed by atoms with Gasteiger partial charge in [-0.2, -0.15) is 5.10 Å². The third-order valence-corrected chi connectivity index (χ3v) is 4.57. The number of hydrogen-bond acceptors (Lipinski definition) is 5. The van der Waals surface area contributed by atoms with Crippen molar-refractivity contribution in [2.75, 3.05) is 5.32 Å². The molecule has 0 saturated carbocycles. The van der Waals surface area contributed by atoms with Gasteiger partial charge in [0.1, 0.15) is 0 Å². The number of hydrogen-bond donors (Lipinski definition) is 1. The van der Waals surface area contributed by atoms with E-state index in [4.69, 9.17) is 4.52 Å². The zero-order valence-electron chi connectivity index (χ0n) is 13.5. The Hall–Kier alpha value is -2.54. The van der Waals surface area contributed by atoms with Crippen molar-refractivity contribution in [3.05, 3.63) is 60.0 Å². The van der Waals surface area contributed by atoms with Gasteiger partial charge in [-0.1, -0.05) is 23.4 Å². The van der Waals surface area contributed by atoms with Crippen molar-refractivity contribution in [2.24, 2.45) is 0 Å². The molecule has 2 aromatic heterocycles. The van der Waals surface area contributed by atoms with Crippen molar-refractivity contribution in [1.82, 2.24) is 14.9 Å². The number of benzene rings is 1. The van der Waals surface area contributed by atoms with Gasteiger partial charge >= 0.3 is 0 Å². The number of aromatic nitrogens is 3. The Labute approximate surface area is 144 Å². The number of carbonyl (C=O) groups excluding carboxylic acids is 1. The summed E-state index contributed by atoms with van der Waals surface area (Å²) >= 11 is 1.52. The van der Waals surface area contributed by atoms with Crippen molar-refractivity contribution in [3.8, 4) is 5.69 Å². The third kappa shape index (κ3) is 4.05. The highest BCUT2D eigenvalue weighted by molar-refractivity contribution is 7.99. The van der Waals surface area contributed by atoms with Crippen LogP contribution in [0, 0.1) is 6.92 Å². The van der Waals surface area contributed by atoms with E-state index in [-0.39, 0.29) is 11.2 Å². The molecular formula is C17H18N4O2S. The van der Waals surface area contributed by atoms with Gasteiger partial charge in [-0.15, -0.1) is 11.8 Å². The Morgan fingerprint density at radius 2 is 2.12 bits per heavy atom. The number of rotatable bonds is 6. The summed E-state index contributed by atoms with van der Waals surface area (Å²) in [5.74, 6) is 0.918. The number of thioether (sulfide) groups is 1. The second-order valence-corrected chi connectivity index (χ2v) is 6.69. The molecule has 6 nitrogen and oxygen atoms in total. The van der Waals surface area contributed by atoms with Gasteiger partial charge in [0.05, 0.1) is 22.3 Å². The summed E-state index contributed by atoms with van der Waals surface area (Å²) in [6.07, 6.45) is 1.92. The lowest BCUT2D eigenvalue weighted by Gasteiger charge is -2.09. The smallest absolute Gasteiger partial charge is 0.239 e. The number of anilines is 1. The first-order chi connectivity index (χ1) is 11.6. The molecule has 0 fully saturated rings. The van der Waals surface area contributed by atoms with Crippen LogP contribution in [0.3, 0.4) is 0 Å². The molecule has 0 saturated heterocycles. The van der Waals surface area contributed by atoms with Crippen LogP contribution >= 0.6 is 11.8 Å². The maximum absolute atomic E-state index is 12.1. The lowest BCUT2D eigenvalue weighted by atomic mass is 10.3. The number of carbonyl (C=O) groups is 1. The summed E-state index contributed by atoms with van der Waals surface area (Å²) in [7, 11) is 0. The van der Waals surface area contributed by atoms with Crippen molar-refractivity contribution >= 4 is 23.6 Å². The predicted octanol–water partition coefficient (Wildman–Crippen LogP) is 3.43. The molecule has 1 atom stereocenters. The van der Waals surface area contributed by atoms with Crippen LogP contribution in [0.15, 0.2) is 53.2 Å². The molecule has 7 heteroatoms. The molecular weight excluding hydrogens is 324 g/mol. The van der Waals surface area contributed by atoms with Gasteiger partial charge in [-0.25, -0.2) is 4.68 Å². The van der Waals surface area contributed by atoms with E-state index in [1.54, 1.807) is 13.0 Å². The number of amides is 1. The molecule has 1 unspecified atom stereocenters. The van der Waals surface area contributed by atoms with Crippen LogP contribution in [0.1, 0.15) is 18.3 Å². The fourth-order valence-electron chi connectivity index (χ4n) is 2.09. The van der Waals surface area contributed by atoms with E-state index in [1.807, 2.05) is 54.2 Å². The van der Waals surface area contributed by atoms with E-state index in [1.165, 1.54) is 11.8 Å². The van der Waals surface area contributed by atoms with Crippen LogP contribution in [0.5, 0.6) is 0 Å². The fraction of sp³-hybridized carbons (Fsp3) is 0.235. The van der Waals surface area contributed by atoms with Crippen LogP contribution < -0.4 is 5.32 Å². The van der Waals surface area contributed by atoms with Crippen molar-refractivity contribution in [1.29, 1.82) is 0 Å². The topological polar surface area (TPSA) is 73.0 Å². The Morgan fingerprint density at radius 3 is 2.83 bits per heavy atom. The molecule has 0 radical (unpaired) electrons. The number of aryl methyl sites for hydroxylation is 1. The summed E-state index contributed by atoms with van der Waals surface area (Å²) in [6.45, 7) is 3.66. The number of nitrogens with zero attached hydrogens (tertiary/aromatic N) is 3. The summed E-state index contributed by atoms with van der Waals surface area (Å²) in [5.41, 5.74) is 2.68. The van der Waals surface area contributed by atoms with Crippen LogP contribution in [-0.4, -0.2) is 26.1 Å². The molecule has 1 aromatic carbocycles. The van der Waals surface area contributed by atoms with Gasteiger partial charge in [0, 0.05) is 18.0 Å². The van der Waals surface area contributed by atoms with E-state index in [0.29, 0.717) is 11.6 Å². The largest absolute Gasteiger partial charge is 0.338 e. The third-order valence-electron chi connectivity index (χ3n) is 3.39. The molecule has 3 rings (SSSR count). The monoisotopic (exact) mass is 342 g/mol. The van der Waals surface area contributed by atoms with Gasteiger partial charge in [-0.3, -0.25) is 10.1 Å². The van der Waals surface area contributed by atoms with Gasteiger partial charge in [0.25, 0.3) is 0 Å². The minimum absolute atomic E-state index is 0.112. The molecule has 3 aromatic rings. The highest BCUT2D eigenvalue weighted by Gasteiger charge is 2.16. The minimum atomic E-state index is -0.225. The molecule has 0 spiro atoms.